The zero-order valence-corrected chi connectivity index (χ0v) is 6.21. The molecule has 0 aliphatic heterocycles. The summed E-state index contributed by atoms with van der Waals surface area (Å²) in [4.78, 5) is 30.3. The van der Waals surface area contributed by atoms with Gasteiger partial charge in [0.15, 0.2) is 5.03 Å². The van der Waals surface area contributed by atoms with Crippen LogP contribution in [0.25, 0.3) is 0 Å². The van der Waals surface area contributed by atoms with Gasteiger partial charge in [-0.05, 0) is 12.8 Å². The summed E-state index contributed by atoms with van der Waals surface area (Å²) in [6, 6.07) is -1.80. The van der Waals surface area contributed by atoms with Gasteiger partial charge in [-0.2, -0.15) is 0 Å². The minimum atomic E-state index is -2.13. The Kier molecular flexibility index (Phi) is 3.25. The quantitative estimate of drug-likeness (QED) is 0.231. The molecule has 0 rings (SSSR count). The summed E-state index contributed by atoms with van der Waals surface area (Å²) in [5.41, 5.74) is 0. The number of hydrogen-bond acceptors (Lipinski definition) is 6. The number of urea groups is 1. The molecule has 2 N–H and O–H groups in total. The zero-order chi connectivity index (χ0) is 9.89. The van der Waals surface area contributed by atoms with E-state index in [1.807, 2.05) is 0 Å². The Hall–Kier alpha value is -1.55. The monoisotopic (exact) mass is 197 g/mol. The van der Waals surface area contributed by atoms with E-state index in [0.29, 0.717) is 0 Å². The lowest BCUT2D eigenvalue weighted by molar-refractivity contribution is -0.614. The maximum absolute atomic E-state index is 10.4. The van der Waals surface area contributed by atoms with Crippen molar-refractivity contribution in [3.05, 3.63) is 10.1 Å². The molecule has 10 heteroatoms. The van der Waals surface area contributed by atoms with Crippen LogP contribution in [-0.4, -0.2) is 36.9 Å². The van der Waals surface area contributed by atoms with Crippen molar-refractivity contribution in [1.82, 2.24) is 9.48 Å². The van der Waals surface area contributed by atoms with Crippen LogP contribution < -0.4 is 0 Å². The Morgan fingerprint density at radius 2 is 1.92 bits per heavy atom. The van der Waals surface area contributed by atoms with Gasteiger partial charge in [0.05, 0.1) is 5.01 Å². The molecule has 0 aromatic carbocycles. The van der Waals surface area contributed by atoms with Crippen LogP contribution in [0, 0.1) is 10.1 Å². The summed E-state index contributed by atoms with van der Waals surface area (Å²) < 4.78 is -0.517. The van der Waals surface area contributed by atoms with Crippen LogP contribution in [0.2, 0.25) is 0 Å². The van der Waals surface area contributed by atoms with E-state index in [1.165, 1.54) is 0 Å². The molecule has 0 saturated carbocycles. The SMILES string of the molecule is O=C(O)N(C(=O)N(O)S)[N+](=O)[O-]. The second kappa shape index (κ2) is 3.73. The van der Waals surface area contributed by atoms with E-state index in [9.17, 15) is 19.7 Å². The predicted molar refractivity (Wildman–Crippen MR) is 34.9 cm³/mol. The van der Waals surface area contributed by atoms with Crippen LogP contribution in [0.5, 0.6) is 0 Å². The number of hydroxylamine groups is 1. The Labute approximate surface area is 70.4 Å². The molecule has 0 radical (unpaired) electrons. The van der Waals surface area contributed by atoms with Gasteiger partial charge in [-0.1, -0.05) is 0 Å². The fraction of sp³-hybridized carbons (Fsp3) is 0. The molecule has 9 nitrogen and oxygen atoms in total. The third kappa shape index (κ3) is 2.25. The number of rotatable bonds is 1. The number of carboxylic acid groups (broad SMARTS) is 1. The average Bonchev–Trinajstić information content (AvgIpc) is 1.85. The number of thiol groups is 1. The molecule has 0 spiro atoms. The van der Waals surface area contributed by atoms with E-state index >= 15 is 0 Å². The summed E-state index contributed by atoms with van der Waals surface area (Å²) in [5, 5.41) is 23.8. The Bertz CT molecular complexity index is 213. The highest BCUT2D eigenvalue weighted by Gasteiger charge is 2.35. The maximum atomic E-state index is 10.4. The van der Waals surface area contributed by atoms with Gasteiger partial charge in [0.25, 0.3) is 0 Å². The topological polar surface area (TPSA) is 124 Å². The molecule has 0 aliphatic rings. The van der Waals surface area contributed by atoms with Gasteiger partial charge in [-0.25, -0.2) is 19.7 Å². The molecule has 0 atom stereocenters. The third-order valence-electron chi connectivity index (χ3n) is 0.697. The number of hydrogen-bond donors (Lipinski definition) is 3. The van der Waals surface area contributed by atoms with Crippen LogP contribution in [0.4, 0.5) is 9.59 Å². The Morgan fingerprint density at radius 1 is 1.50 bits per heavy atom. The molecule has 0 unspecified atom stereocenters. The normalized spacial score (nSPS) is 8.83. The van der Waals surface area contributed by atoms with Gasteiger partial charge in [0.1, 0.15) is 0 Å². The molecule has 0 saturated heterocycles. The number of carbonyl (C=O) groups excluding carboxylic acids is 1. The zero-order valence-electron chi connectivity index (χ0n) is 5.32. The molecule has 0 bridgehead atoms. The van der Waals surface area contributed by atoms with Crippen molar-refractivity contribution in [2.45, 2.75) is 0 Å². The molecular formula is C2H3N3O6S. The number of amides is 3. The minimum absolute atomic E-state index is 0.517. The van der Waals surface area contributed by atoms with Gasteiger partial charge in [-0.15, -0.1) is 4.47 Å². The molecular weight excluding hydrogens is 194 g/mol. The molecule has 0 aromatic heterocycles. The second-order valence-electron chi connectivity index (χ2n) is 1.40. The number of nitrogens with zero attached hydrogens (tertiary/aromatic N) is 3. The Balaban J connectivity index is 4.64. The van der Waals surface area contributed by atoms with E-state index in [2.05, 4.69) is 12.8 Å². The average molecular weight is 197 g/mol. The first kappa shape index (κ1) is 10.4. The largest absolute Gasteiger partial charge is 0.475 e. The molecule has 0 aromatic rings. The smallest absolute Gasteiger partial charge is 0.461 e. The van der Waals surface area contributed by atoms with Crippen molar-refractivity contribution >= 4 is 24.9 Å². The lowest BCUT2D eigenvalue weighted by Crippen LogP contribution is -2.44. The van der Waals surface area contributed by atoms with Crippen LogP contribution in [-0.2, 0) is 0 Å². The molecule has 68 valence electrons. The van der Waals surface area contributed by atoms with Crippen molar-refractivity contribution in [3.63, 3.8) is 0 Å². The van der Waals surface area contributed by atoms with Gasteiger partial charge in [-0.3, -0.25) is 5.21 Å². The Morgan fingerprint density at radius 3 is 2.00 bits per heavy atom. The first-order valence-corrected chi connectivity index (χ1v) is 2.67. The second-order valence-corrected chi connectivity index (χ2v) is 1.78. The van der Waals surface area contributed by atoms with Crippen molar-refractivity contribution in [1.29, 1.82) is 0 Å². The van der Waals surface area contributed by atoms with Crippen LogP contribution in [0.1, 0.15) is 0 Å². The van der Waals surface area contributed by atoms with Crippen molar-refractivity contribution in [3.8, 4) is 0 Å². The fourth-order valence-electron chi connectivity index (χ4n) is 0.306. The number of nitro groups is 1. The summed E-state index contributed by atoms with van der Waals surface area (Å²) >= 11 is 2.95. The van der Waals surface area contributed by atoms with E-state index in [1.54, 1.807) is 0 Å². The van der Waals surface area contributed by atoms with Gasteiger partial charge in [0.2, 0.25) is 0 Å². The lowest BCUT2D eigenvalue weighted by atomic mass is 10.9. The minimum Gasteiger partial charge on any atom is -0.461 e. The van der Waals surface area contributed by atoms with Crippen molar-refractivity contribution < 1.29 is 24.9 Å². The summed E-state index contributed by atoms with van der Waals surface area (Å²) in [6.45, 7) is 0. The number of carbonyl (C=O) groups is 2. The van der Waals surface area contributed by atoms with Crippen LogP contribution >= 0.6 is 12.8 Å². The van der Waals surface area contributed by atoms with Crippen molar-refractivity contribution in [2.24, 2.45) is 0 Å². The molecule has 3 amide bonds. The third-order valence-corrected chi connectivity index (χ3v) is 0.868. The van der Waals surface area contributed by atoms with Crippen molar-refractivity contribution in [2.75, 3.05) is 0 Å². The van der Waals surface area contributed by atoms with Crippen LogP contribution in [0.15, 0.2) is 0 Å². The first-order chi connectivity index (χ1) is 5.37. The molecule has 0 heterocycles. The lowest BCUT2D eigenvalue weighted by Gasteiger charge is -2.09. The summed E-state index contributed by atoms with van der Waals surface area (Å²) in [5.74, 6) is 0. The van der Waals surface area contributed by atoms with Gasteiger partial charge in [0, 0.05) is 0 Å². The molecule has 0 aliphatic carbocycles. The van der Waals surface area contributed by atoms with Gasteiger partial charge >= 0.3 is 12.1 Å². The maximum Gasteiger partial charge on any atom is 0.475 e. The standard InChI is InChI=1S/C2H3N3O6S/c6-1(4(9)12)3(2(7)8)5(10)11/h9,12H,(H,7,8). The van der Waals surface area contributed by atoms with E-state index in [4.69, 9.17) is 10.3 Å². The number of hydrazine groups is 1. The highest BCUT2D eigenvalue weighted by atomic mass is 32.1. The number of imide groups is 1. The summed E-state index contributed by atoms with van der Waals surface area (Å²) in [7, 11) is 0. The van der Waals surface area contributed by atoms with Gasteiger partial charge < -0.3 is 5.11 Å². The predicted octanol–water partition coefficient (Wildman–Crippen LogP) is -0.186. The van der Waals surface area contributed by atoms with E-state index < -0.39 is 26.6 Å². The first-order valence-electron chi connectivity index (χ1n) is 2.27. The van der Waals surface area contributed by atoms with E-state index in [0.717, 1.165) is 0 Å². The summed E-state index contributed by atoms with van der Waals surface area (Å²) in [6.07, 6.45) is -2.13. The fourth-order valence-corrected chi connectivity index (χ4v) is 0.391. The molecule has 0 fully saturated rings. The highest BCUT2D eigenvalue weighted by molar-refractivity contribution is 7.78. The van der Waals surface area contributed by atoms with Crippen LogP contribution in [0.3, 0.4) is 0 Å². The molecule has 12 heavy (non-hydrogen) atoms. The van der Waals surface area contributed by atoms with E-state index in [-0.39, 0.29) is 0 Å². The highest BCUT2D eigenvalue weighted by Crippen LogP contribution is 1.99.